The van der Waals surface area contributed by atoms with Crippen LogP contribution in [0.3, 0.4) is 0 Å². The number of hydrogen-bond donors (Lipinski definition) is 2. The molecule has 2 aliphatic rings. The molecule has 2 saturated carbocycles. The summed E-state index contributed by atoms with van der Waals surface area (Å²) in [5.41, 5.74) is 1.38. The van der Waals surface area contributed by atoms with Crippen molar-refractivity contribution in [2.75, 3.05) is 6.54 Å². The zero-order chi connectivity index (χ0) is 14.8. The van der Waals surface area contributed by atoms with Crippen molar-refractivity contribution in [3.05, 3.63) is 35.9 Å². The molecule has 2 atom stereocenters. The first-order valence-corrected chi connectivity index (χ1v) is 7.70. The van der Waals surface area contributed by atoms with E-state index in [2.05, 4.69) is 29.6 Å². The first-order valence-electron chi connectivity index (χ1n) is 7.70. The van der Waals surface area contributed by atoms with Gasteiger partial charge in [0, 0.05) is 6.54 Å². The second kappa shape index (κ2) is 5.88. The lowest BCUT2D eigenvalue weighted by Crippen LogP contribution is -2.46. The first kappa shape index (κ1) is 14.1. The average Bonchev–Trinajstić information content (AvgIpc) is 2.36. The SMILES string of the molecule is O=C(O)C1CCC1C(=O)NCC1CC(c2ccccc2)C1. The summed E-state index contributed by atoms with van der Waals surface area (Å²) in [4.78, 5) is 22.9. The van der Waals surface area contributed by atoms with Crippen LogP contribution in [0.4, 0.5) is 0 Å². The lowest BCUT2D eigenvalue weighted by Gasteiger charge is -2.37. The van der Waals surface area contributed by atoms with Crippen molar-refractivity contribution in [2.45, 2.75) is 31.6 Å². The molecule has 0 bridgehead atoms. The lowest BCUT2D eigenvalue weighted by atomic mass is 9.71. The van der Waals surface area contributed by atoms with Gasteiger partial charge in [-0.25, -0.2) is 0 Å². The van der Waals surface area contributed by atoms with Crippen LogP contribution >= 0.6 is 0 Å². The Kier molecular flexibility index (Phi) is 3.95. The normalized spacial score (nSPS) is 30.9. The number of carbonyl (C=O) groups is 2. The third kappa shape index (κ3) is 2.94. The number of rotatable bonds is 5. The van der Waals surface area contributed by atoms with Crippen LogP contribution in [0.25, 0.3) is 0 Å². The van der Waals surface area contributed by atoms with Gasteiger partial charge in [-0.2, -0.15) is 0 Å². The van der Waals surface area contributed by atoms with Gasteiger partial charge in [0.1, 0.15) is 0 Å². The molecule has 0 radical (unpaired) electrons. The van der Waals surface area contributed by atoms with E-state index < -0.39 is 11.9 Å². The number of aliphatic carboxylic acids is 1. The molecule has 1 aromatic rings. The van der Waals surface area contributed by atoms with Gasteiger partial charge in [0.05, 0.1) is 11.8 Å². The van der Waals surface area contributed by atoms with E-state index in [1.807, 2.05) is 6.07 Å². The average molecular weight is 287 g/mol. The van der Waals surface area contributed by atoms with E-state index in [0.717, 1.165) is 12.8 Å². The number of benzene rings is 1. The highest BCUT2D eigenvalue weighted by Gasteiger charge is 2.41. The van der Waals surface area contributed by atoms with Gasteiger partial charge in [0.15, 0.2) is 0 Å². The quantitative estimate of drug-likeness (QED) is 0.874. The zero-order valence-corrected chi connectivity index (χ0v) is 12.0. The summed E-state index contributed by atoms with van der Waals surface area (Å²) in [5.74, 6) is -0.548. The summed E-state index contributed by atoms with van der Waals surface area (Å²) in [6, 6.07) is 10.5. The van der Waals surface area contributed by atoms with E-state index >= 15 is 0 Å². The highest BCUT2D eigenvalue weighted by Crippen LogP contribution is 2.41. The molecule has 1 aromatic carbocycles. The van der Waals surface area contributed by atoms with E-state index in [1.165, 1.54) is 5.56 Å². The van der Waals surface area contributed by atoms with Gasteiger partial charge in [0.25, 0.3) is 0 Å². The van der Waals surface area contributed by atoms with Crippen LogP contribution < -0.4 is 5.32 Å². The predicted octanol–water partition coefficient (Wildman–Crippen LogP) is 2.41. The van der Waals surface area contributed by atoms with E-state index in [-0.39, 0.29) is 11.8 Å². The van der Waals surface area contributed by atoms with Gasteiger partial charge in [-0.15, -0.1) is 0 Å². The van der Waals surface area contributed by atoms with Crippen molar-refractivity contribution in [1.82, 2.24) is 5.32 Å². The van der Waals surface area contributed by atoms with Crippen molar-refractivity contribution in [2.24, 2.45) is 17.8 Å². The Hall–Kier alpha value is -1.84. The van der Waals surface area contributed by atoms with Crippen LogP contribution in [0, 0.1) is 17.8 Å². The van der Waals surface area contributed by atoms with Crippen LogP contribution in [0.2, 0.25) is 0 Å². The second-order valence-corrected chi connectivity index (χ2v) is 6.32. The number of carboxylic acid groups (broad SMARTS) is 1. The molecule has 0 aromatic heterocycles. The standard InChI is InChI=1S/C17H21NO3/c19-16(14-6-7-15(14)17(20)21)18-10-11-8-13(9-11)12-4-2-1-3-5-12/h1-5,11,13-15H,6-10H2,(H,18,19)(H,20,21). The summed E-state index contributed by atoms with van der Waals surface area (Å²) in [6.45, 7) is 0.686. The van der Waals surface area contributed by atoms with Gasteiger partial charge in [-0.3, -0.25) is 9.59 Å². The van der Waals surface area contributed by atoms with Crippen molar-refractivity contribution in [3.8, 4) is 0 Å². The molecule has 1 amide bonds. The summed E-state index contributed by atoms with van der Waals surface area (Å²) in [7, 11) is 0. The first-order chi connectivity index (χ1) is 10.1. The van der Waals surface area contributed by atoms with E-state index in [0.29, 0.717) is 31.2 Å². The van der Waals surface area contributed by atoms with Gasteiger partial charge in [-0.1, -0.05) is 30.3 Å². The Morgan fingerprint density at radius 2 is 1.76 bits per heavy atom. The highest BCUT2D eigenvalue weighted by atomic mass is 16.4. The molecule has 2 fully saturated rings. The monoisotopic (exact) mass is 287 g/mol. The topological polar surface area (TPSA) is 66.4 Å². The van der Waals surface area contributed by atoms with E-state index in [4.69, 9.17) is 5.11 Å². The number of amides is 1. The maximum atomic E-state index is 12.0. The number of carboxylic acids is 1. The molecular formula is C17H21NO3. The minimum absolute atomic E-state index is 0.0724. The fourth-order valence-corrected chi connectivity index (χ4v) is 3.39. The molecule has 0 saturated heterocycles. The third-order valence-corrected chi connectivity index (χ3v) is 5.00. The molecule has 3 rings (SSSR count). The Bertz CT molecular complexity index is 522. The van der Waals surface area contributed by atoms with Crippen LogP contribution in [0.1, 0.15) is 37.2 Å². The smallest absolute Gasteiger partial charge is 0.307 e. The van der Waals surface area contributed by atoms with E-state index in [9.17, 15) is 9.59 Å². The molecule has 21 heavy (non-hydrogen) atoms. The summed E-state index contributed by atoms with van der Waals surface area (Å²) in [6.07, 6.45) is 3.56. The Morgan fingerprint density at radius 1 is 1.10 bits per heavy atom. The van der Waals surface area contributed by atoms with Gasteiger partial charge in [0.2, 0.25) is 5.91 Å². The molecule has 2 unspecified atom stereocenters. The largest absolute Gasteiger partial charge is 0.481 e. The third-order valence-electron chi connectivity index (χ3n) is 5.00. The number of carbonyl (C=O) groups excluding carboxylic acids is 1. The molecule has 4 nitrogen and oxygen atoms in total. The van der Waals surface area contributed by atoms with Crippen LogP contribution in [0.5, 0.6) is 0 Å². The van der Waals surface area contributed by atoms with Crippen molar-refractivity contribution < 1.29 is 14.7 Å². The summed E-state index contributed by atoms with van der Waals surface area (Å²) in [5, 5.41) is 11.9. The molecule has 2 N–H and O–H groups in total. The van der Waals surface area contributed by atoms with Crippen LogP contribution in [-0.4, -0.2) is 23.5 Å². The van der Waals surface area contributed by atoms with Crippen molar-refractivity contribution >= 4 is 11.9 Å². The summed E-state index contributed by atoms with van der Waals surface area (Å²) < 4.78 is 0. The Balaban J connectivity index is 1.40. The Morgan fingerprint density at radius 3 is 2.33 bits per heavy atom. The number of nitrogens with one attached hydrogen (secondary N) is 1. The van der Waals surface area contributed by atoms with Crippen LogP contribution in [-0.2, 0) is 9.59 Å². The zero-order valence-electron chi connectivity index (χ0n) is 12.0. The maximum absolute atomic E-state index is 12.0. The lowest BCUT2D eigenvalue weighted by molar-refractivity contribution is -0.152. The van der Waals surface area contributed by atoms with Gasteiger partial charge >= 0.3 is 5.97 Å². The van der Waals surface area contributed by atoms with E-state index in [1.54, 1.807) is 0 Å². The van der Waals surface area contributed by atoms with Gasteiger partial charge < -0.3 is 10.4 Å². The minimum atomic E-state index is -0.839. The fourth-order valence-electron chi connectivity index (χ4n) is 3.39. The number of hydrogen-bond acceptors (Lipinski definition) is 2. The highest BCUT2D eigenvalue weighted by molar-refractivity contribution is 5.86. The minimum Gasteiger partial charge on any atom is -0.481 e. The maximum Gasteiger partial charge on any atom is 0.307 e. The van der Waals surface area contributed by atoms with Crippen molar-refractivity contribution in [3.63, 3.8) is 0 Å². The van der Waals surface area contributed by atoms with Crippen molar-refractivity contribution in [1.29, 1.82) is 0 Å². The van der Waals surface area contributed by atoms with Gasteiger partial charge in [-0.05, 0) is 43.1 Å². The molecule has 2 aliphatic carbocycles. The molecule has 4 heteroatoms. The molecule has 0 heterocycles. The summed E-state index contributed by atoms with van der Waals surface area (Å²) >= 11 is 0. The second-order valence-electron chi connectivity index (χ2n) is 6.32. The fraction of sp³-hybridized carbons (Fsp3) is 0.529. The molecule has 0 spiro atoms. The van der Waals surface area contributed by atoms with Crippen LogP contribution in [0.15, 0.2) is 30.3 Å². The molecular weight excluding hydrogens is 266 g/mol. The molecule has 0 aliphatic heterocycles. The Labute approximate surface area is 124 Å². The molecule has 112 valence electrons. The predicted molar refractivity (Wildman–Crippen MR) is 78.8 cm³/mol.